The van der Waals surface area contributed by atoms with E-state index in [1.165, 1.54) is 4.90 Å². The van der Waals surface area contributed by atoms with Gasteiger partial charge in [0.1, 0.15) is 4.88 Å². The maximum atomic E-state index is 12.0. The third-order valence-corrected chi connectivity index (χ3v) is 2.89. The third kappa shape index (κ3) is 2.76. The van der Waals surface area contributed by atoms with Crippen molar-refractivity contribution in [2.75, 3.05) is 20.2 Å². The molecule has 5 nitrogen and oxygen atoms in total. The molecule has 0 atom stereocenters. The first kappa shape index (κ1) is 13.1. The quantitative estimate of drug-likeness (QED) is 0.856. The average molecular weight is 243 g/mol. The highest BCUT2D eigenvalue weighted by molar-refractivity contribution is 7.08. The fourth-order valence-electron chi connectivity index (χ4n) is 1.25. The van der Waals surface area contributed by atoms with Gasteiger partial charge in [0.2, 0.25) is 0 Å². The van der Waals surface area contributed by atoms with Crippen molar-refractivity contribution in [1.29, 1.82) is 0 Å². The molecule has 0 aliphatic heterocycles. The summed E-state index contributed by atoms with van der Waals surface area (Å²) in [4.78, 5) is 14.0. The van der Waals surface area contributed by atoms with Crippen LogP contribution in [0.25, 0.3) is 0 Å². The summed E-state index contributed by atoms with van der Waals surface area (Å²) in [6.07, 6.45) is 0. The van der Waals surface area contributed by atoms with Crippen LogP contribution in [0, 0.1) is 0 Å². The average Bonchev–Trinajstić information content (AvgIpc) is 2.64. The molecule has 0 bridgehead atoms. The summed E-state index contributed by atoms with van der Waals surface area (Å²) < 4.78 is 3.83. The van der Waals surface area contributed by atoms with Gasteiger partial charge in [0.15, 0.2) is 0 Å². The lowest BCUT2D eigenvalue weighted by Gasteiger charge is -2.19. The zero-order valence-electron chi connectivity index (χ0n) is 10.0. The molecule has 0 aliphatic carbocycles. The Morgan fingerprint density at radius 2 is 2.12 bits per heavy atom. The predicted octanol–water partition coefficient (Wildman–Crippen LogP) is 0.900. The Balaban J connectivity index is 2.97. The fourth-order valence-corrected chi connectivity index (χ4v) is 2.12. The Labute approximate surface area is 99.3 Å². The van der Waals surface area contributed by atoms with Gasteiger partial charge in [-0.25, -0.2) is 0 Å². The molecule has 0 saturated heterocycles. The SMILES string of the molecule is CN(CCO)C(=O)c1snnc1C(C)(C)C. The van der Waals surface area contributed by atoms with E-state index in [-0.39, 0.29) is 17.9 Å². The summed E-state index contributed by atoms with van der Waals surface area (Å²) in [5.41, 5.74) is 0.519. The van der Waals surface area contributed by atoms with Crippen LogP contribution in [0.15, 0.2) is 0 Å². The second-order valence-electron chi connectivity index (χ2n) is 4.65. The van der Waals surface area contributed by atoms with E-state index in [9.17, 15) is 4.79 Å². The topological polar surface area (TPSA) is 66.3 Å². The van der Waals surface area contributed by atoms with E-state index in [2.05, 4.69) is 9.59 Å². The van der Waals surface area contributed by atoms with Gasteiger partial charge >= 0.3 is 0 Å². The standard InChI is InChI=1S/C10H17N3O2S/c1-10(2,3)8-7(16-12-11-8)9(15)13(4)5-6-14/h14H,5-6H2,1-4H3. The molecule has 16 heavy (non-hydrogen) atoms. The molecular weight excluding hydrogens is 226 g/mol. The minimum absolute atomic E-state index is 0.0423. The summed E-state index contributed by atoms with van der Waals surface area (Å²) in [6, 6.07) is 0. The molecule has 0 radical (unpaired) electrons. The Kier molecular flexibility index (Phi) is 3.98. The van der Waals surface area contributed by atoms with Gasteiger partial charge in [-0.2, -0.15) is 0 Å². The largest absolute Gasteiger partial charge is 0.395 e. The molecule has 0 saturated carbocycles. The molecule has 0 unspecified atom stereocenters. The number of hydrogen-bond donors (Lipinski definition) is 1. The van der Waals surface area contributed by atoms with Crippen LogP contribution in [0.5, 0.6) is 0 Å². The van der Waals surface area contributed by atoms with Gasteiger partial charge in [-0.05, 0) is 11.5 Å². The molecule has 1 N–H and O–H groups in total. The molecule has 1 heterocycles. The van der Waals surface area contributed by atoms with Crippen LogP contribution in [-0.4, -0.2) is 45.7 Å². The number of carbonyl (C=O) groups is 1. The van der Waals surface area contributed by atoms with Gasteiger partial charge in [0.25, 0.3) is 5.91 Å². The summed E-state index contributed by atoms with van der Waals surface area (Å²) >= 11 is 1.10. The summed E-state index contributed by atoms with van der Waals surface area (Å²) in [5.74, 6) is -0.131. The van der Waals surface area contributed by atoms with E-state index in [0.29, 0.717) is 17.1 Å². The molecular formula is C10H17N3O2S. The van der Waals surface area contributed by atoms with E-state index in [4.69, 9.17) is 5.11 Å². The Bertz CT molecular complexity index is 370. The van der Waals surface area contributed by atoms with Crippen molar-refractivity contribution in [2.45, 2.75) is 26.2 Å². The number of hydrogen-bond acceptors (Lipinski definition) is 5. The Morgan fingerprint density at radius 1 is 1.50 bits per heavy atom. The van der Waals surface area contributed by atoms with Gasteiger partial charge in [-0.3, -0.25) is 4.79 Å². The number of amides is 1. The van der Waals surface area contributed by atoms with E-state index >= 15 is 0 Å². The molecule has 1 aromatic rings. The lowest BCUT2D eigenvalue weighted by Crippen LogP contribution is -2.30. The number of nitrogens with zero attached hydrogens (tertiary/aromatic N) is 3. The number of aromatic nitrogens is 2. The van der Waals surface area contributed by atoms with Gasteiger partial charge in [-0.1, -0.05) is 25.3 Å². The summed E-state index contributed by atoms with van der Waals surface area (Å²) in [7, 11) is 1.66. The van der Waals surface area contributed by atoms with Crippen LogP contribution in [0.2, 0.25) is 0 Å². The number of likely N-dealkylation sites (N-methyl/N-ethyl adjacent to an activating group) is 1. The van der Waals surface area contributed by atoms with Gasteiger partial charge < -0.3 is 10.0 Å². The highest BCUT2D eigenvalue weighted by Gasteiger charge is 2.27. The highest BCUT2D eigenvalue weighted by atomic mass is 32.1. The van der Waals surface area contributed by atoms with Crippen LogP contribution < -0.4 is 0 Å². The van der Waals surface area contributed by atoms with Gasteiger partial charge in [0.05, 0.1) is 12.3 Å². The maximum absolute atomic E-state index is 12.0. The van der Waals surface area contributed by atoms with Crippen LogP contribution in [0.3, 0.4) is 0 Å². The minimum Gasteiger partial charge on any atom is -0.395 e. The third-order valence-electron chi connectivity index (χ3n) is 2.17. The van der Waals surface area contributed by atoms with Crippen molar-refractivity contribution in [2.24, 2.45) is 0 Å². The number of carbonyl (C=O) groups excluding carboxylic acids is 1. The normalized spacial score (nSPS) is 11.6. The van der Waals surface area contributed by atoms with Gasteiger partial charge in [0, 0.05) is 19.0 Å². The first-order chi connectivity index (χ1) is 7.38. The molecule has 90 valence electrons. The van der Waals surface area contributed by atoms with Crippen molar-refractivity contribution < 1.29 is 9.90 Å². The van der Waals surface area contributed by atoms with Gasteiger partial charge in [-0.15, -0.1) is 5.10 Å². The lowest BCUT2D eigenvalue weighted by atomic mass is 9.91. The van der Waals surface area contributed by atoms with Crippen LogP contribution in [0.1, 0.15) is 36.1 Å². The summed E-state index contributed by atoms with van der Waals surface area (Å²) in [6.45, 7) is 6.26. The van der Waals surface area contributed by atoms with E-state index in [0.717, 1.165) is 11.5 Å². The summed E-state index contributed by atoms with van der Waals surface area (Å²) in [5, 5.41) is 12.8. The van der Waals surface area contributed by atoms with E-state index in [1.807, 2.05) is 20.8 Å². The van der Waals surface area contributed by atoms with Crippen molar-refractivity contribution in [1.82, 2.24) is 14.5 Å². The minimum atomic E-state index is -0.196. The van der Waals surface area contributed by atoms with Crippen molar-refractivity contribution in [3.63, 3.8) is 0 Å². The predicted molar refractivity (Wildman–Crippen MR) is 62.7 cm³/mol. The smallest absolute Gasteiger partial charge is 0.267 e. The monoisotopic (exact) mass is 243 g/mol. The molecule has 1 rings (SSSR count). The number of aliphatic hydroxyl groups excluding tert-OH is 1. The van der Waals surface area contributed by atoms with E-state index < -0.39 is 0 Å². The molecule has 0 aliphatic rings. The van der Waals surface area contributed by atoms with Crippen molar-refractivity contribution in [3.8, 4) is 0 Å². The van der Waals surface area contributed by atoms with Crippen molar-refractivity contribution in [3.05, 3.63) is 10.6 Å². The second-order valence-corrected chi connectivity index (χ2v) is 5.41. The first-order valence-corrected chi connectivity index (χ1v) is 5.84. The molecule has 0 aromatic carbocycles. The lowest BCUT2D eigenvalue weighted by molar-refractivity contribution is 0.0769. The maximum Gasteiger partial charge on any atom is 0.267 e. The Hall–Kier alpha value is -1.01. The highest BCUT2D eigenvalue weighted by Crippen LogP contribution is 2.26. The van der Waals surface area contributed by atoms with Crippen molar-refractivity contribution >= 4 is 17.4 Å². The molecule has 6 heteroatoms. The fraction of sp³-hybridized carbons (Fsp3) is 0.700. The number of rotatable bonds is 3. The first-order valence-electron chi connectivity index (χ1n) is 5.07. The second kappa shape index (κ2) is 4.88. The Morgan fingerprint density at radius 3 is 2.62 bits per heavy atom. The molecule has 1 aromatic heterocycles. The number of aliphatic hydroxyl groups is 1. The molecule has 1 amide bonds. The van der Waals surface area contributed by atoms with Crippen LogP contribution >= 0.6 is 11.5 Å². The van der Waals surface area contributed by atoms with Crippen LogP contribution in [0.4, 0.5) is 0 Å². The molecule has 0 spiro atoms. The molecule has 0 fully saturated rings. The zero-order valence-corrected chi connectivity index (χ0v) is 10.8. The van der Waals surface area contributed by atoms with E-state index in [1.54, 1.807) is 7.05 Å². The van der Waals surface area contributed by atoms with Crippen LogP contribution in [-0.2, 0) is 5.41 Å². The zero-order chi connectivity index (χ0) is 12.3.